The highest BCUT2D eigenvalue weighted by molar-refractivity contribution is 5.95. The van der Waals surface area contributed by atoms with Gasteiger partial charge >= 0.3 is 0 Å². The number of fused-ring (bicyclic) bond motifs is 4. The van der Waals surface area contributed by atoms with Crippen molar-refractivity contribution in [3.05, 3.63) is 284 Å². The van der Waals surface area contributed by atoms with Crippen LogP contribution >= 0.6 is 0 Å². The van der Waals surface area contributed by atoms with Gasteiger partial charge in [0.1, 0.15) is 0 Å². The molecule has 0 saturated carbocycles. The number of nitrogens with zero attached hydrogens (tertiary/aromatic N) is 1. The van der Waals surface area contributed by atoms with E-state index in [0.29, 0.717) is 0 Å². The van der Waals surface area contributed by atoms with Gasteiger partial charge in [-0.1, -0.05) is 218 Å². The molecule has 0 fully saturated rings. The van der Waals surface area contributed by atoms with Gasteiger partial charge in [-0.15, -0.1) is 0 Å². The average molecular weight is 854 g/mol. The van der Waals surface area contributed by atoms with E-state index in [1.54, 1.807) is 0 Å². The highest BCUT2D eigenvalue weighted by Crippen LogP contribution is 2.55. The van der Waals surface area contributed by atoms with Crippen molar-refractivity contribution >= 4 is 27.8 Å². The van der Waals surface area contributed by atoms with Crippen LogP contribution in [0.3, 0.4) is 0 Å². The van der Waals surface area contributed by atoms with E-state index in [2.05, 4.69) is 279 Å². The molecular weight excluding hydrogens is 807 g/mol. The Morgan fingerprint density at radius 1 is 0.269 bits per heavy atom. The van der Waals surface area contributed by atoms with E-state index in [-0.39, 0.29) is 5.41 Å². The SMILES string of the molecule is CC1(c2ccccc2)c2ccccc2-c2c(-c3cccc(N(c4ccc(-c5ccc(-c6ccc7ccccc7c6)cc5)cc4)c4ccc(-c5cccc(-c6ccccc6)c5)cc4)c3)cccc21. The van der Waals surface area contributed by atoms with Crippen molar-refractivity contribution in [1.82, 2.24) is 0 Å². The van der Waals surface area contributed by atoms with Gasteiger partial charge < -0.3 is 4.90 Å². The standard InChI is InChI=1S/C66H47N/c1-66(57-22-6-3-7-23-57)63-27-11-10-25-62(63)65-61(26-14-28-64(65)66)56-21-13-24-60(45-56)67(59-41-37-51(38-42-59)54-20-12-19-53(43-54)46-15-4-2-5-16-46)58-39-35-49(36-40-58)48-29-31-50(32-30-48)55-34-33-47-17-8-9-18-52(47)44-55/h2-45H,1H3. The van der Waals surface area contributed by atoms with Gasteiger partial charge in [-0.25, -0.2) is 0 Å². The Kier molecular flexibility index (Phi) is 10.0. The van der Waals surface area contributed by atoms with Gasteiger partial charge in [-0.2, -0.15) is 0 Å². The molecule has 11 aromatic carbocycles. The lowest BCUT2D eigenvalue weighted by Gasteiger charge is -2.28. The molecule has 0 N–H and O–H groups in total. The van der Waals surface area contributed by atoms with Crippen molar-refractivity contribution in [2.45, 2.75) is 12.3 Å². The third-order valence-electron chi connectivity index (χ3n) is 14.0. The molecule has 0 amide bonds. The molecule has 0 bridgehead atoms. The number of benzene rings is 11. The van der Waals surface area contributed by atoms with E-state index in [9.17, 15) is 0 Å². The van der Waals surface area contributed by atoms with Crippen molar-refractivity contribution < 1.29 is 0 Å². The summed E-state index contributed by atoms with van der Waals surface area (Å²) < 4.78 is 0. The molecule has 11 aromatic rings. The maximum absolute atomic E-state index is 2.39. The summed E-state index contributed by atoms with van der Waals surface area (Å²) in [6.45, 7) is 2.39. The first kappa shape index (κ1) is 40.0. The number of hydrogen-bond acceptors (Lipinski definition) is 1. The Morgan fingerprint density at radius 3 is 1.40 bits per heavy atom. The maximum atomic E-state index is 2.39. The Balaban J connectivity index is 0.930. The van der Waals surface area contributed by atoms with Crippen LogP contribution in [0.2, 0.25) is 0 Å². The van der Waals surface area contributed by atoms with Crippen LogP contribution < -0.4 is 4.90 Å². The fourth-order valence-corrected chi connectivity index (χ4v) is 10.5. The Morgan fingerprint density at radius 2 is 0.716 bits per heavy atom. The molecule has 0 aromatic heterocycles. The van der Waals surface area contributed by atoms with Crippen LogP contribution in [-0.2, 0) is 5.41 Å². The summed E-state index contributed by atoms with van der Waals surface area (Å²) in [7, 11) is 0. The summed E-state index contributed by atoms with van der Waals surface area (Å²) >= 11 is 0. The summed E-state index contributed by atoms with van der Waals surface area (Å²) in [5, 5.41) is 2.51. The molecule has 0 heterocycles. The summed E-state index contributed by atoms with van der Waals surface area (Å²) in [6.07, 6.45) is 0. The maximum Gasteiger partial charge on any atom is 0.0467 e. The second kappa shape index (κ2) is 16.8. The highest BCUT2D eigenvalue weighted by atomic mass is 15.1. The van der Waals surface area contributed by atoms with Gasteiger partial charge in [0.25, 0.3) is 0 Å². The van der Waals surface area contributed by atoms with Gasteiger partial charge in [-0.05, 0) is 150 Å². The predicted octanol–water partition coefficient (Wildman–Crippen LogP) is 18.0. The van der Waals surface area contributed by atoms with Gasteiger partial charge in [0.05, 0.1) is 0 Å². The zero-order valence-corrected chi connectivity index (χ0v) is 37.4. The van der Waals surface area contributed by atoms with E-state index in [4.69, 9.17) is 0 Å². The van der Waals surface area contributed by atoms with Crippen LogP contribution in [0.4, 0.5) is 17.1 Å². The third kappa shape index (κ3) is 7.23. The van der Waals surface area contributed by atoms with Crippen molar-refractivity contribution in [2.75, 3.05) is 4.90 Å². The Bertz CT molecular complexity index is 3550. The molecule has 1 aliphatic rings. The number of anilines is 3. The molecule has 1 aliphatic carbocycles. The Labute approximate surface area is 393 Å². The predicted molar refractivity (Wildman–Crippen MR) is 283 cm³/mol. The molecule has 1 nitrogen and oxygen atoms in total. The smallest absolute Gasteiger partial charge is 0.0467 e. The highest BCUT2D eigenvalue weighted by Gasteiger charge is 2.41. The molecule has 1 atom stereocenters. The fourth-order valence-electron chi connectivity index (χ4n) is 10.5. The van der Waals surface area contributed by atoms with Crippen LogP contribution in [-0.4, -0.2) is 0 Å². The topological polar surface area (TPSA) is 3.24 Å². The molecule has 1 unspecified atom stereocenters. The number of rotatable bonds is 9. The van der Waals surface area contributed by atoms with Gasteiger partial charge in [-0.3, -0.25) is 0 Å². The molecule has 0 radical (unpaired) electrons. The molecule has 67 heavy (non-hydrogen) atoms. The lowest BCUT2D eigenvalue weighted by molar-refractivity contribution is 0.714. The normalized spacial score (nSPS) is 13.8. The first-order chi connectivity index (χ1) is 33.1. The lowest BCUT2D eigenvalue weighted by Crippen LogP contribution is -2.22. The molecular formula is C66H47N. The minimum absolute atomic E-state index is 0.270. The van der Waals surface area contributed by atoms with E-state index in [1.807, 2.05) is 0 Å². The van der Waals surface area contributed by atoms with E-state index < -0.39 is 0 Å². The van der Waals surface area contributed by atoms with Crippen LogP contribution in [0.15, 0.2) is 267 Å². The third-order valence-corrected chi connectivity index (χ3v) is 14.0. The first-order valence-corrected chi connectivity index (χ1v) is 23.2. The van der Waals surface area contributed by atoms with Crippen LogP contribution in [0.25, 0.3) is 77.5 Å². The van der Waals surface area contributed by atoms with Crippen molar-refractivity contribution in [3.63, 3.8) is 0 Å². The van der Waals surface area contributed by atoms with E-state index >= 15 is 0 Å². The molecule has 0 spiro atoms. The van der Waals surface area contributed by atoms with E-state index in [0.717, 1.165) is 17.1 Å². The van der Waals surface area contributed by atoms with Crippen molar-refractivity contribution in [1.29, 1.82) is 0 Å². The Hall–Kier alpha value is -8.52. The van der Waals surface area contributed by atoms with E-state index in [1.165, 1.54) is 94.2 Å². The van der Waals surface area contributed by atoms with Crippen LogP contribution in [0, 0.1) is 0 Å². The zero-order valence-electron chi connectivity index (χ0n) is 37.4. The molecule has 12 rings (SSSR count). The van der Waals surface area contributed by atoms with Crippen LogP contribution in [0.1, 0.15) is 23.6 Å². The monoisotopic (exact) mass is 853 g/mol. The van der Waals surface area contributed by atoms with Gasteiger partial charge in [0, 0.05) is 22.5 Å². The zero-order chi connectivity index (χ0) is 44.7. The fraction of sp³-hybridized carbons (Fsp3) is 0.0303. The largest absolute Gasteiger partial charge is 0.310 e. The summed E-state index contributed by atoms with van der Waals surface area (Å²) in [5.41, 5.74) is 21.6. The van der Waals surface area contributed by atoms with Crippen LogP contribution in [0.5, 0.6) is 0 Å². The average Bonchev–Trinajstić information content (AvgIpc) is 3.68. The second-order valence-electron chi connectivity index (χ2n) is 17.8. The van der Waals surface area contributed by atoms with Crippen molar-refractivity contribution in [2.24, 2.45) is 0 Å². The molecule has 316 valence electrons. The second-order valence-corrected chi connectivity index (χ2v) is 17.8. The summed E-state index contributed by atoms with van der Waals surface area (Å²) in [6, 6.07) is 97.7. The first-order valence-electron chi connectivity index (χ1n) is 23.2. The summed E-state index contributed by atoms with van der Waals surface area (Å²) in [4.78, 5) is 2.39. The quantitative estimate of drug-likeness (QED) is 0.140. The molecule has 1 heteroatoms. The minimum atomic E-state index is -0.270. The van der Waals surface area contributed by atoms with Gasteiger partial charge in [0.2, 0.25) is 0 Å². The molecule has 0 aliphatic heterocycles. The van der Waals surface area contributed by atoms with Gasteiger partial charge in [0.15, 0.2) is 0 Å². The lowest BCUT2D eigenvalue weighted by atomic mass is 9.74. The minimum Gasteiger partial charge on any atom is -0.310 e. The molecule has 0 saturated heterocycles. The summed E-state index contributed by atoms with van der Waals surface area (Å²) in [5.74, 6) is 0. The van der Waals surface area contributed by atoms with Crippen molar-refractivity contribution in [3.8, 4) is 66.8 Å². The number of hydrogen-bond donors (Lipinski definition) is 0.